The van der Waals surface area contributed by atoms with Gasteiger partial charge < -0.3 is 20.9 Å². The van der Waals surface area contributed by atoms with Crippen LogP contribution in [0.3, 0.4) is 0 Å². The van der Waals surface area contributed by atoms with Crippen LogP contribution in [-0.2, 0) is 7.05 Å². The van der Waals surface area contributed by atoms with Gasteiger partial charge in [0, 0.05) is 50.9 Å². The van der Waals surface area contributed by atoms with Crippen LogP contribution in [0.4, 0.5) is 17.2 Å². The second kappa shape index (κ2) is 9.38. The van der Waals surface area contributed by atoms with E-state index in [1.807, 2.05) is 36.1 Å². The molecule has 0 spiro atoms. The number of hydrogen-bond acceptors (Lipinski definition) is 6. The first-order valence-corrected chi connectivity index (χ1v) is 11.1. The fourth-order valence-electron chi connectivity index (χ4n) is 4.59. The highest BCUT2D eigenvalue weighted by molar-refractivity contribution is 7.59. The van der Waals surface area contributed by atoms with Crippen LogP contribution in [0.5, 0.6) is 0 Å². The Bertz CT molecular complexity index is 1110. The number of rotatable bonds is 4. The molecule has 2 fully saturated rings. The fraction of sp³-hybridized carbons (Fsp3) is 0.435. The smallest absolute Gasteiger partial charge is 0.274 e. The monoisotopic (exact) mass is 453 g/mol. The molecule has 0 radical (unpaired) electrons. The highest BCUT2D eigenvalue weighted by Crippen LogP contribution is 2.33. The standard InChI is InChI=1S/C23H29N7O.H2S/c1-28-14-16-12-21(29-9-3-2-4-10-29)20(13-19(16)27-28)26-23(31)18-6-5-7-22(25-18)30-11-8-17(24)15-30;/h5-7,12-14,17H,2-4,8-11,15,24H2,1H3,(H,26,31);1H2/t17-;/m0./s1. The van der Waals surface area contributed by atoms with Gasteiger partial charge in [-0.2, -0.15) is 18.6 Å². The van der Waals surface area contributed by atoms with Gasteiger partial charge in [0.05, 0.1) is 16.9 Å². The second-order valence-corrected chi connectivity index (χ2v) is 8.61. The second-order valence-electron chi connectivity index (χ2n) is 8.61. The van der Waals surface area contributed by atoms with Gasteiger partial charge in [-0.1, -0.05) is 6.07 Å². The maximum atomic E-state index is 13.2. The van der Waals surface area contributed by atoms with E-state index >= 15 is 0 Å². The van der Waals surface area contributed by atoms with E-state index < -0.39 is 0 Å². The van der Waals surface area contributed by atoms with Gasteiger partial charge >= 0.3 is 0 Å². The Kier molecular flexibility index (Phi) is 6.57. The lowest BCUT2D eigenvalue weighted by atomic mass is 10.1. The van der Waals surface area contributed by atoms with Crippen LogP contribution in [-0.4, -0.2) is 52.9 Å². The van der Waals surface area contributed by atoms with Crippen LogP contribution >= 0.6 is 13.5 Å². The summed E-state index contributed by atoms with van der Waals surface area (Å²) in [7, 11) is 1.92. The van der Waals surface area contributed by atoms with Crippen molar-refractivity contribution >= 4 is 47.5 Å². The van der Waals surface area contributed by atoms with Gasteiger partial charge in [0.25, 0.3) is 5.91 Å². The number of aromatic nitrogens is 3. The molecule has 2 aromatic heterocycles. The summed E-state index contributed by atoms with van der Waals surface area (Å²) in [6.45, 7) is 3.64. The molecule has 2 aliphatic heterocycles. The molecule has 1 atom stereocenters. The van der Waals surface area contributed by atoms with Gasteiger partial charge in [-0.3, -0.25) is 9.48 Å². The van der Waals surface area contributed by atoms with E-state index in [2.05, 4.69) is 31.3 Å². The molecule has 3 N–H and O–H groups in total. The molecule has 5 rings (SSSR count). The minimum Gasteiger partial charge on any atom is -0.370 e. The van der Waals surface area contributed by atoms with E-state index in [0.717, 1.165) is 60.7 Å². The zero-order valence-corrected chi connectivity index (χ0v) is 19.4. The van der Waals surface area contributed by atoms with Gasteiger partial charge in [-0.25, -0.2) is 4.98 Å². The molecule has 0 saturated carbocycles. The zero-order chi connectivity index (χ0) is 21.4. The van der Waals surface area contributed by atoms with Crippen LogP contribution in [0.1, 0.15) is 36.2 Å². The molecule has 1 amide bonds. The molecule has 2 aliphatic rings. The molecule has 0 unspecified atom stereocenters. The number of nitrogens with one attached hydrogen (secondary N) is 1. The molecule has 9 heteroatoms. The summed E-state index contributed by atoms with van der Waals surface area (Å²) in [5, 5.41) is 8.72. The van der Waals surface area contributed by atoms with Crippen LogP contribution in [0.2, 0.25) is 0 Å². The number of amides is 1. The van der Waals surface area contributed by atoms with E-state index in [1.165, 1.54) is 19.3 Å². The number of benzene rings is 1. The van der Waals surface area contributed by atoms with Crippen molar-refractivity contribution in [1.29, 1.82) is 0 Å². The van der Waals surface area contributed by atoms with Crippen molar-refractivity contribution in [2.75, 3.05) is 41.3 Å². The largest absolute Gasteiger partial charge is 0.370 e. The summed E-state index contributed by atoms with van der Waals surface area (Å²) >= 11 is 0. The lowest BCUT2D eigenvalue weighted by molar-refractivity contribution is 0.102. The van der Waals surface area contributed by atoms with Crippen molar-refractivity contribution in [3.63, 3.8) is 0 Å². The molecular weight excluding hydrogens is 422 g/mol. The number of aryl methyl sites for hydroxylation is 1. The molecule has 0 bridgehead atoms. The predicted octanol–water partition coefficient (Wildman–Crippen LogP) is 2.86. The van der Waals surface area contributed by atoms with Crippen LogP contribution < -0.4 is 20.9 Å². The third-order valence-corrected chi connectivity index (χ3v) is 6.20. The number of nitrogens with two attached hydrogens (primary N) is 1. The van der Waals surface area contributed by atoms with E-state index in [-0.39, 0.29) is 25.4 Å². The van der Waals surface area contributed by atoms with Crippen molar-refractivity contribution in [2.24, 2.45) is 12.8 Å². The highest BCUT2D eigenvalue weighted by atomic mass is 32.1. The number of carbonyl (C=O) groups is 1. The quantitative estimate of drug-likeness (QED) is 0.631. The SMILES string of the molecule is Cn1cc2cc(N3CCCCC3)c(NC(=O)c3cccc(N4CC[C@H](N)C4)n3)cc2n1.S. The van der Waals surface area contributed by atoms with E-state index in [0.29, 0.717) is 5.69 Å². The Hall–Kier alpha value is -2.78. The molecule has 8 nitrogen and oxygen atoms in total. The molecule has 0 aliphatic carbocycles. The third-order valence-electron chi connectivity index (χ3n) is 6.20. The van der Waals surface area contributed by atoms with E-state index in [9.17, 15) is 4.79 Å². The maximum Gasteiger partial charge on any atom is 0.274 e. The molecule has 1 aromatic carbocycles. The Labute approximate surface area is 195 Å². The fourth-order valence-corrected chi connectivity index (χ4v) is 4.59. The molecular formula is C23H31N7OS. The first-order chi connectivity index (χ1) is 15.1. The Morgan fingerprint density at radius 3 is 2.69 bits per heavy atom. The average molecular weight is 454 g/mol. The van der Waals surface area contributed by atoms with Gasteiger partial charge in [0.15, 0.2) is 0 Å². The van der Waals surface area contributed by atoms with Crippen molar-refractivity contribution in [3.8, 4) is 0 Å². The predicted molar refractivity (Wildman–Crippen MR) is 134 cm³/mol. The molecule has 170 valence electrons. The van der Waals surface area contributed by atoms with Crippen LogP contribution in [0.15, 0.2) is 36.5 Å². The van der Waals surface area contributed by atoms with Gasteiger partial charge in [-0.15, -0.1) is 0 Å². The Morgan fingerprint density at radius 2 is 1.94 bits per heavy atom. The van der Waals surface area contributed by atoms with Crippen LogP contribution in [0.25, 0.3) is 10.9 Å². The molecule has 2 saturated heterocycles. The van der Waals surface area contributed by atoms with E-state index in [1.54, 1.807) is 6.07 Å². The lowest BCUT2D eigenvalue weighted by Crippen LogP contribution is -2.30. The maximum absolute atomic E-state index is 13.2. The number of carbonyl (C=O) groups excluding carboxylic acids is 1. The number of nitrogens with zero attached hydrogens (tertiary/aromatic N) is 5. The normalized spacial score (nSPS) is 18.6. The third kappa shape index (κ3) is 4.54. The van der Waals surface area contributed by atoms with E-state index in [4.69, 9.17) is 5.73 Å². The topological polar surface area (TPSA) is 92.3 Å². The average Bonchev–Trinajstić information content (AvgIpc) is 3.38. The van der Waals surface area contributed by atoms with Crippen LogP contribution in [0, 0.1) is 0 Å². The number of pyridine rings is 1. The van der Waals surface area contributed by atoms with Gasteiger partial charge in [0.1, 0.15) is 11.5 Å². The minimum atomic E-state index is -0.209. The van der Waals surface area contributed by atoms with Crippen molar-refractivity contribution in [1.82, 2.24) is 14.8 Å². The van der Waals surface area contributed by atoms with Gasteiger partial charge in [-0.05, 0) is 49.9 Å². The minimum absolute atomic E-state index is 0. The number of anilines is 3. The highest BCUT2D eigenvalue weighted by Gasteiger charge is 2.22. The molecule has 4 heterocycles. The number of hydrogen-bond donors (Lipinski definition) is 2. The Morgan fingerprint density at radius 1 is 1.12 bits per heavy atom. The number of fused-ring (bicyclic) bond motifs is 1. The molecule has 32 heavy (non-hydrogen) atoms. The summed E-state index contributed by atoms with van der Waals surface area (Å²) in [6.07, 6.45) is 6.55. The van der Waals surface area contributed by atoms with Crippen molar-refractivity contribution in [3.05, 3.63) is 42.2 Å². The first-order valence-electron chi connectivity index (χ1n) is 11.1. The summed E-state index contributed by atoms with van der Waals surface area (Å²) in [6, 6.07) is 9.85. The van der Waals surface area contributed by atoms with Crippen molar-refractivity contribution < 1.29 is 4.79 Å². The van der Waals surface area contributed by atoms with Gasteiger partial charge in [0.2, 0.25) is 0 Å². The zero-order valence-electron chi connectivity index (χ0n) is 18.4. The molecule has 3 aromatic rings. The number of piperidine rings is 1. The summed E-state index contributed by atoms with van der Waals surface area (Å²) in [5.74, 6) is 0.593. The summed E-state index contributed by atoms with van der Waals surface area (Å²) in [4.78, 5) is 22.3. The van der Waals surface area contributed by atoms with Crippen molar-refractivity contribution in [2.45, 2.75) is 31.7 Å². The summed E-state index contributed by atoms with van der Waals surface area (Å²) < 4.78 is 1.81. The lowest BCUT2D eigenvalue weighted by Gasteiger charge is -2.30. The Balaban J connectivity index is 0.00000245. The summed E-state index contributed by atoms with van der Waals surface area (Å²) in [5.41, 5.74) is 9.15. The first kappa shape index (κ1) is 22.4.